The number of H-pyrrole nitrogens is 1. The highest BCUT2D eigenvalue weighted by atomic mass is 19.1. The van der Waals surface area contributed by atoms with Crippen LogP contribution in [0.4, 0.5) is 4.39 Å². The Hall–Kier alpha value is -3.74. The highest BCUT2D eigenvalue weighted by molar-refractivity contribution is 5.96. The van der Waals surface area contributed by atoms with Crippen molar-refractivity contribution in [3.05, 3.63) is 77.0 Å². The minimum atomic E-state index is -0.293. The number of halogens is 1. The summed E-state index contributed by atoms with van der Waals surface area (Å²) in [7, 11) is 1.76. The molecule has 4 aromatic rings. The van der Waals surface area contributed by atoms with Gasteiger partial charge in [0, 0.05) is 47.6 Å². The summed E-state index contributed by atoms with van der Waals surface area (Å²) in [5.74, 6) is 0.180. The van der Waals surface area contributed by atoms with Crippen LogP contribution in [-0.4, -0.2) is 39.1 Å². The summed E-state index contributed by atoms with van der Waals surface area (Å²) >= 11 is 0. The molecule has 1 saturated carbocycles. The van der Waals surface area contributed by atoms with Gasteiger partial charge in [-0.25, -0.2) is 4.39 Å². The molecule has 1 fully saturated rings. The number of rotatable bonds is 6. The zero-order valence-electron chi connectivity index (χ0n) is 18.9. The van der Waals surface area contributed by atoms with Gasteiger partial charge in [0.2, 0.25) is 0 Å². The predicted octanol–water partition coefficient (Wildman–Crippen LogP) is 5.19. The highest BCUT2D eigenvalue weighted by Crippen LogP contribution is 2.36. The first-order valence-corrected chi connectivity index (χ1v) is 11.0. The van der Waals surface area contributed by atoms with Crippen LogP contribution in [0.5, 0.6) is 5.75 Å². The molecule has 0 atom stereocenters. The van der Waals surface area contributed by atoms with E-state index < -0.39 is 0 Å². The van der Waals surface area contributed by atoms with Gasteiger partial charge in [0.1, 0.15) is 11.6 Å². The van der Waals surface area contributed by atoms with Gasteiger partial charge in [-0.05, 0) is 68.1 Å². The first-order chi connectivity index (χ1) is 15.9. The van der Waals surface area contributed by atoms with Crippen molar-refractivity contribution in [1.82, 2.24) is 20.1 Å². The van der Waals surface area contributed by atoms with Gasteiger partial charge in [-0.2, -0.15) is 5.10 Å². The smallest absolute Gasteiger partial charge is 0.254 e. The number of carbonyl (C=O) groups excluding carboxylic acids is 1. The van der Waals surface area contributed by atoms with Crippen molar-refractivity contribution in [2.24, 2.45) is 0 Å². The molecule has 33 heavy (non-hydrogen) atoms. The van der Waals surface area contributed by atoms with Gasteiger partial charge in [-0.15, -0.1) is 0 Å². The molecule has 2 aromatic heterocycles. The molecule has 1 aliphatic carbocycles. The number of nitrogens with zero attached hydrogens (tertiary/aromatic N) is 3. The Morgan fingerprint density at radius 3 is 2.76 bits per heavy atom. The van der Waals surface area contributed by atoms with E-state index in [-0.39, 0.29) is 17.8 Å². The van der Waals surface area contributed by atoms with Crippen LogP contribution in [0.3, 0.4) is 0 Å². The van der Waals surface area contributed by atoms with Gasteiger partial charge in [0.15, 0.2) is 0 Å². The fourth-order valence-electron chi connectivity index (χ4n) is 4.03. The Morgan fingerprint density at radius 1 is 1.18 bits per heavy atom. The summed E-state index contributed by atoms with van der Waals surface area (Å²) in [5.41, 5.74) is 5.54. The minimum absolute atomic E-state index is 0.133. The normalized spacial score (nSPS) is 13.3. The molecule has 7 heteroatoms. The first kappa shape index (κ1) is 21.1. The molecule has 0 spiro atoms. The summed E-state index contributed by atoms with van der Waals surface area (Å²) in [6.45, 7) is 4.17. The molecular weight excluding hydrogens is 419 g/mol. The number of carbonyl (C=O) groups is 1. The third-order valence-electron chi connectivity index (χ3n) is 5.92. The average molecular weight is 445 g/mol. The number of amides is 1. The van der Waals surface area contributed by atoms with Gasteiger partial charge >= 0.3 is 0 Å². The number of pyridine rings is 1. The summed E-state index contributed by atoms with van der Waals surface area (Å²) in [5, 5.41) is 8.07. The zero-order valence-corrected chi connectivity index (χ0v) is 18.9. The van der Waals surface area contributed by atoms with Gasteiger partial charge in [-0.3, -0.25) is 14.9 Å². The number of hydrogen-bond donors (Lipinski definition) is 1. The molecule has 0 unspecified atom stereocenters. The van der Waals surface area contributed by atoms with Crippen LogP contribution in [0, 0.1) is 19.7 Å². The molecular formula is C26H25FN4O2. The SMILES string of the molecule is Cc1cc(F)cc(-c2ccc(C(=O)N(C)Cc3cnc(C)c4cn[nH]c34)cc2OC2CC2)c1. The van der Waals surface area contributed by atoms with Crippen LogP contribution in [0.1, 0.15) is 40.0 Å². The summed E-state index contributed by atoms with van der Waals surface area (Å²) in [4.78, 5) is 19.3. The van der Waals surface area contributed by atoms with Crippen molar-refractivity contribution in [3.63, 3.8) is 0 Å². The second kappa shape index (κ2) is 8.31. The maximum Gasteiger partial charge on any atom is 0.254 e. The minimum Gasteiger partial charge on any atom is -0.490 e. The molecule has 1 amide bonds. The van der Waals surface area contributed by atoms with E-state index in [9.17, 15) is 9.18 Å². The van der Waals surface area contributed by atoms with E-state index in [1.165, 1.54) is 12.1 Å². The second-order valence-corrected chi connectivity index (χ2v) is 8.73. The zero-order chi connectivity index (χ0) is 23.1. The molecule has 2 heterocycles. The number of aromatic amines is 1. The van der Waals surface area contributed by atoms with Crippen molar-refractivity contribution in [2.45, 2.75) is 39.3 Å². The number of aromatic nitrogens is 3. The Bertz CT molecular complexity index is 1340. The lowest BCUT2D eigenvalue weighted by Gasteiger charge is -2.19. The van der Waals surface area contributed by atoms with Crippen LogP contribution in [-0.2, 0) is 6.54 Å². The Morgan fingerprint density at radius 2 is 2.00 bits per heavy atom. The summed E-state index contributed by atoms with van der Waals surface area (Å²) in [6.07, 6.45) is 5.64. The number of hydrogen-bond acceptors (Lipinski definition) is 4. The van der Waals surface area contributed by atoms with E-state index in [0.717, 1.165) is 51.7 Å². The maximum atomic E-state index is 14.0. The number of nitrogens with one attached hydrogen (secondary N) is 1. The Kier molecular flexibility index (Phi) is 5.32. The van der Waals surface area contributed by atoms with Crippen molar-refractivity contribution in [1.29, 1.82) is 0 Å². The van der Waals surface area contributed by atoms with E-state index >= 15 is 0 Å². The maximum absolute atomic E-state index is 14.0. The Labute approximate surface area is 191 Å². The monoisotopic (exact) mass is 444 g/mol. The van der Waals surface area contributed by atoms with Crippen molar-refractivity contribution < 1.29 is 13.9 Å². The van der Waals surface area contributed by atoms with E-state index in [1.807, 2.05) is 26.0 Å². The lowest BCUT2D eigenvalue weighted by atomic mass is 10.00. The van der Waals surface area contributed by atoms with Gasteiger partial charge in [0.05, 0.1) is 17.8 Å². The highest BCUT2D eigenvalue weighted by Gasteiger charge is 2.26. The fraction of sp³-hybridized carbons (Fsp3) is 0.269. The second-order valence-electron chi connectivity index (χ2n) is 8.73. The number of aryl methyl sites for hydroxylation is 2. The third-order valence-corrected chi connectivity index (χ3v) is 5.92. The largest absolute Gasteiger partial charge is 0.490 e. The summed E-state index contributed by atoms with van der Waals surface area (Å²) in [6, 6.07) is 10.3. The fourth-order valence-corrected chi connectivity index (χ4v) is 4.03. The first-order valence-electron chi connectivity index (χ1n) is 11.0. The molecule has 0 saturated heterocycles. The number of fused-ring (bicyclic) bond motifs is 1. The van der Waals surface area contributed by atoms with E-state index in [2.05, 4.69) is 15.2 Å². The third kappa shape index (κ3) is 4.31. The lowest BCUT2D eigenvalue weighted by molar-refractivity contribution is 0.0785. The van der Waals surface area contributed by atoms with Crippen LogP contribution < -0.4 is 4.74 Å². The average Bonchev–Trinajstić information content (AvgIpc) is 3.45. The molecule has 1 aliphatic rings. The van der Waals surface area contributed by atoms with E-state index in [4.69, 9.17) is 4.74 Å². The summed E-state index contributed by atoms with van der Waals surface area (Å²) < 4.78 is 20.2. The van der Waals surface area contributed by atoms with Crippen molar-refractivity contribution >= 4 is 16.8 Å². The number of ether oxygens (including phenoxy) is 1. The molecule has 1 N–H and O–H groups in total. The van der Waals surface area contributed by atoms with Crippen LogP contribution in [0.2, 0.25) is 0 Å². The topological polar surface area (TPSA) is 71.1 Å². The lowest BCUT2D eigenvalue weighted by Crippen LogP contribution is -2.26. The van der Waals surface area contributed by atoms with Crippen molar-refractivity contribution in [3.8, 4) is 16.9 Å². The van der Waals surface area contributed by atoms with E-state index in [1.54, 1.807) is 36.5 Å². The quantitative estimate of drug-likeness (QED) is 0.444. The van der Waals surface area contributed by atoms with E-state index in [0.29, 0.717) is 17.9 Å². The molecule has 0 bridgehead atoms. The molecule has 5 rings (SSSR count). The van der Waals surface area contributed by atoms with Gasteiger partial charge in [0.25, 0.3) is 5.91 Å². The molecule has 6 nitrogen and oxygen atoms in total. The molecule has 2 aromatic carbocycles. The van der Waals surface area contributed by atoms with Crippen LogP contribution >= 0.6 is 0 Å². The Balaban J connectivity index is 1.44. The van der Waals surface area contributed by atoms with Gasteiger partial charge < -0.3 is 9.64 Å². The predicted molar refractivity (Wildman–Crippen MR) is 125 cm³/mol. The standard InChI is InChI=1S/C26H25FN4O2/c1-15-8-18(10-20(27)9-15)22-7-4-17(11-24(22)33-21-5-6-21)26(32)31(3)14-19-12-28-16(2)23-13-29-30-25(19)23/h4,7-13,21H,5-6,14H2,1-3H3,(H,29,30). The van der Waals surface area contributed by atoms with Crippen LogP contribution in [0.25, 0.3) is 22.0 Å². The molecule has 168 valence electrons. The molecule has 0 aliphatic heterocycles. The van der Waals surface area contributed by atoms with Gasteiger partial charge in [-0.1, -0.05) is 6.07 Å². The van der Waals surface area contributed by atoms with Crippen molar-refractivity contribution in [2.75, 3.05) is 7.05 Å². The molecule has 0 radical (unpaired) electrons. The number of benzene rings is 2. The van der Waals surface area contributed by atoms with Crippen LogP contribution in [0.15, 0.2) is 48.8 Å².